The molecule has 0 fully saturated rings. The topological polar surface area (TPSA) is 64.2 Å². The molecule has 1 atom stereocenters. The molecule has 5 rings (SSSR count). The quantitative estimate of drug-likeness (QED) is 0.355. The van der Waals surface area contributed by atoms with Gasteiger partial charge in [-0.25, -0.2) is 4.57 Å². The summed E-state index contributed by atoms with van der Waals surface area (Å²) in [4.78, 5) is 1.06. The van der Waals surface area contributed by atoms with E-state index in [0.717, 1.165) is 21.5 Å². The van der Waals surface area contributed by atoms with E-state index < -0.39 is 7.60 Å². The Bertz CT molecular complexity index is 1330. The van der Waals surface area contributed by atoms with Gasteiger partial charge in [0.05, 0.1) is 15.7 Å². The Kier molecular flexibility index (Phi) is 4.47. The standard InChI is InChI=1S/C22H17N2O3PS/c1-26-28(25,17-8-3-2-4-9-17)27-16-11-12-19-18(14-16)22(24-23-19)21-13-15-7-5-6-10-20(15)29-21/h2-14H,1H3,(H,23,24). The van der Waals surface area contributed by atoms with Gasteiger partial charge in [-0.05, 0) is 47.9 Å². The highest BCUT2D eigenvalue weighted by Gasteiger charge is 2.28. The molecule has 2 heterocycles. The summed E-state index contributed by atoms with van der Waals surface area (Å²) in [7, 11) is -2.08. The Labute approximate surface area is 171 Å². The molecule has 0 aliphatic carbocycles. The van der Waals surface area contributed by atoms with Crippen molar-refractivity contribution in [2.75, 3.05) is 7.11 Å². The van der Waals surface area contributed by atoms with Crippen LogP contribution in [0.15, 0.2) is 78.9 Å². The number of aromatic amines is 1. The molecular formula is C22H17N2O3PS. The second-order valence-electron chi connectivity index (χ2n) is 6.53. The molecule has 0 aliphatic heterocycles. The minimum atomic E-state index is -3.47. The number of hydrogen-bond acceptors (Lipinski definition) is 5. The number of aromatic nitrogens is 2. The first-order chi connectivity index (χ1) is 14.2. The van der Waals surface area contributed by atoms with Crippen molar-refractivity contribution in [2.24, 2.45) is 0 Å². The minimum Gasteiger partial charge on any atom is -0.421 e. The molecule has 0 saturated carbocycles. The molecule has 0 radical (unpaired) electrons. The number of benzene rings is 3. The summed E-state index contributed by atoms with van der Waals surface area (Å²) in [6.07, 6.45) is 0. The van der Waals surface area contributed by atoms with Crippen LogP contribution in [0.5, 0.6) is 5.75 Å². The maximum atomic E-state index is 13.2. The van der Waals surface area contributed by atoms with Crippen LogP contribution in [-0.2, 0) is 9.09 Å². The Morgan fingerprint density at radius 1 is 0.966 bits per heavy atom. The second-order valence-corrected chi connectivity index (χ2v) is 9.68. The van der Waals surface area contributed by atoms with Gasteiger partial charge in [-0.15, -0.1) is 11.3 Å². The average molecular weight is 420 g/mol. The van der Waals surface area contributed by atoms with Crippen molar-refractivity contribution in [1.82, 2.24) is 10.2 Å². The zero-order valence-electron chi connectivity index (χ0n) is 15.5. The van der Waals surface area contributed by atoms with Gasteiger partial charge in [-0.2, -0.15) is 5.10 Å². The summed E-state index contributed by atoms with van der Waals surface area (Å²) in [6, 6.07) is 24.8. The molecule has 0 spiro atoms. The predicted molar refractivity (Wildman–Crippen MR) is 118 cm³/mol. The molecule has 1 N–H and O–H groups in total. The van der Waals surface area contributed by atoms with E-state index in [2.05, 4.69) is 28.4 Å². The number of nitrogens with zero attached hydrogens (tertiary/aromatic N) is 1. The van der Waals surface area contributed by atoms with E-state index in [4.69, 9.17) is 9.05 Å². The lowest BCUT2D eigenvalue weighted by Gasteiger charge is -2.17. The SMILES string of the molecule is COP(=O)(Oc1ccc2[nH]nc(-c3cc4ccccc4s3)c2c1)c1ccccc1. The Morgan fingerprint density at radius 2 is 1.76 bits per heavy atom. The van der Waals surface area contributed by atoms with Crippen LogP contribution in [0.25, 0.3) is 31.6 Å². The maximum absolute atomic E-state index is 13.2. The van der Waals surface area contributed by atoms with Gasteiger partial charge in [-0.3, -0.25) is 9.62 Å². The largest absolute Gasteiger partial charge is 0.421 e. The second kappa shape index (κ2) is 7.16. The highest BCUT2D eigenvalue weighted by Crippen LogP contribution is 2.47. The Morgan fingerprint density at radius 3 is 2.55 bits per heavy atom. The molecule has 0 amide bonds. The van der Waals surface area contributed by atoms with Crippen molar-refractivity contribution < 1.29 is 13.6 Å². The third-order valence-electron chi connectivity index (χ3n) is 4.73. The van der Waals surface area contributed by atoms with Crippen molar-refractivity contribution in [3.63, 3.8) is 0 Å². The normalized spacial score (nSPS) is 13.6. The average Bonchev–Trinajstić information content (AvgIpc) is 3.37. The fourth-order valence-electron chi connectivity index (χ4n) is 3.28. The van der Waals surface area contributed by atoms with Crippen molar-refractivity contribution in [1.29, 1.82) is 0 Å². The minimum absolute atomic E-state index is 0.468. The number of hydrogen-bond donors (Lipinski definition) is 1. The first-order valence-electron chi connectivity index (χ1n) is 9.04. The summed E-state index contributed by atoms with van der Waals surface area (Å²) in [6.45, 7) is 0. The summed E-state index contributed by atoms with van der Waals surface area (Å²) in [5, 5.41) is 10.2. The van der Waals surface area contributed by atoms with E-state index >= 15 is 0 Å². The summed E-state index contributed by atoms with van der Waals surface area (Å²) < 4.78 is 25.6. The van der Waals surface area contributed by atoms with Crippen molar-refractivity contribution >= 4 is 45.2 Å². The van der Waals surface area contributed by atoms with Crippen molar-refractivity contribution in [3.05, 3.63) is 78.9 Å². The molecule has 0 bridgehead atoms. The van der Waals surface area contributed by atoms with E-state index in [1.807, 2.05) is 42.5 Å². The number of thiophene rings is 1. The molecule has 144 valence electrons. The van der Waals surface area contributed by atoms with Crippen molar-refractivity contribution in [2.45, 2.75) is 0 Å². The van der Waals surface area contributed by atoms with Gasteiger partial charge in [0.25, 0.3) is 0 Å². The summed E-state index contributed by atoms with van der Waals surface area (Å²) in [5.74, 6) is 0.468. The van der Waals surface area contributed by atoms with Gasteiger partial charge in [0.1, 0.15) is 11.4 Å². The van der Waals surface area contributed by atoms with Crippen LogP contribution in [0.4, 0.5) is 0 Å². The maximum Gasteiger partial charge on any atom is 0.410 e. The van der Waals surface area contributed by atoms with Crippen molar-refractivity contribution in [3.8, 4) is 16.3 Å². The van der Waals surface area contributed by atoms with E-state index in [1.165, 1.54) is 17.2 Å². The third kappa shape index (κ3) is 3.25. The molecule has 29 heavy (non-hydrogen) atoms. The van der Waals surface area contributed by atoms with E-state index in [1.54, 1.807) is 29.5 Å². The molecule has 5 aromatic rings. The molecule has 3 aromatic carbocycles. The zero-order valence-corrected chi connectivity index (χ0v) is 17.2. The lowest BCUT2D eigenvalue weighted by atomic mass is 10.1. The van der Waals surface area contributed by atoms with Gasteiger partial charge in [-0.1, -0.05) is 36.4 Å². The van der Waals surface area contributed by atoms with E-state index in [0.29, 0.717) is 11.1 Å². The van der Waals surface area contributed by atoms with Crippen LogP contribution in [0.1, 0.15) is 0 Å². The van der Waals surface area contributed by atoms with E-state index in [-0.39, 0.29) is 0 Å². The van der Waals surface area contributed by atoms with E-state index in [9.17, 15) is 4.57 Å². The fraction of sp³-hybridized carbons (Fsp3) is 0.0455. The zero-order chi connectivity index (χ0) is 19.8. The van der Waals surface area contributed by atoms with Gasteiger partial charge in [0.2, 0.25) is 0 Å². The van der Waals surface area contributed by atoms with Gasteiger partial charge >= 0.3 is 7.60 Å². The van der Waals surface area contributed by atoms with Crippen LogP contribution in [-0.4, -0.2) is 17.3 Å². The highest BCUT2D eigenvalue weighted by molar-refractivity contribution is 7.62. The van der Waals surface area contributed by atoms with Crippen LogP contribution in [0.3, 0.4) is 0 Å². The first kappa shape index (κ1) is 18.1. The number of H-pyrrole nitrogens is 1. The molecule has 2 aromatic heterocycles. The lowest BCUT2D eigenvalue weighted by Crippen LogP contribution is -2.10. The van der Waals surface area contributed by atoms with Crippen LogP contribution in [0, 0.1) is 0 Å². The molecule has 7 heteroatoms. The molecule has 0 aliphatic rings. The number of nitrogens with one attached hydrogen (secondary N) is 1. The van der Waals surface area contributed by atoms with Gasteiger partial charge < -0.3 is 4.52 Å². The summed E-state index contributed by atoms with van der Waals surface area (Å²) in [5.41, 5.74) is 1.73. The molecular weight excluding hydrogens is 403 g/mol. The smallest absolute Gasteiger partial charge is 0.410 e. The Balaban J connectivity index is 1.57. The highest BCUT2D eigenvalue weighted by atomic mass is 32.1. The Hall–Kier alpha value is -2.92. The van der Waals surface area contributed by atoms with Crippen LogP contribution < -0.4 is 9.83 Å². The van der Waals surface area contributed by atoms with Gasteiger partial charge in [0.15, 0.2) is 0 Å². The van der Waals surface area contributed by atoms with Crippen LogP contribution >= 0.6 is 18.9 Å². The molecule has 5 nitrogen and oxygen atoms in total. The monoisotopic (exact) mass is 420 g/mol. The first-order valence-corrected chi connectivity index (χ1v) is 11.4. The molecule has 0 saturated heterocycles. The fourth-order valence-corrected chi connectivity index (χ4v) is 5.67. The van der Waals surface area contributed by atoms with Crippen LogP contribution in [0.2, 0.25) is 0 Å². The lowest BCUT2D eigenvalue weighted by molar-refractivity contribution is 0.334. The number of rotatable bonds is 5. The summed E-state index contributed by atoms with van der Waals surface area (Å²) >= 11 is 1.69. The molecule has 1 unspecified atom stereocenters. The van der Waals surface area contributed by atoms with Gasteiger partial charge in [0, 0.05) is 17.2 Å². The predicted octanol–water partition coefficient (Wildman–Crippen LogP) is 5.99. The number of fused-ring (bicyclic) bond motifs is 2. The third-order valence-corrected chi connectivity index (χ3v) is 7.72.